The van der Waals surface area contributed by atoms with Crippen molar-refractivity contribution in [2.45, 2.75) is 44.3 Å². The molecule has 1 heterocycles. The van der Waals surface area contributed by atoms with Gasteiger partial charge in [0, 0.05) is 29.2 Å². The van der Waals surface area contributed by atoms with Crippen LogP contribution in [0.25, 0.3) is 0 Å². The van der Waals surface area contributed by atoms with Crippen LogP contribution in [0.1, 0.15) is 42.9 Å². The number of benzene rings is 2. The van der Waals surface area contributed by atoms with E-state index >= 15 is 0 Å². The van der Waals surface area contributed by atoms with E-state index in [0.29, 0.717) is 12.1 Å². The number of nitrogens with one attached hydrogen (secondary N) is 2. The van der Waals surface area contributed by atoms with Crippen molar-refractivity contribution in [1.82, 2.24) is 10.6 Å². The molecular formula is C23H29ClN2O. The Labute approximate surface area is 167 Å². The summed E-state index contributed by atoms with van der Waals surface area (Å²) in [7, 11) is 1.72. The summed E-state index contributed by atoms with van der Waals surface area (Å²) in [6, 6.07) is 17.4. The second-order valence-electron chi connectivity index (χ2n) is 7.93. The quantitative estimate of drug-likeness (QED) is 0.764. The summed E-state index contributed by atoms with van der Waals surface area (Å²) in [5.41, 5.74) is 2.48. The van der Waals surface area contributed by atoms with Crippen molar-refractivity contribution in [3.63, 3.8) is 0 Å². The Hall–Kier alpha value is -1.55. The summed E-state index contributed by atoms with van der Waals surface area (Å²) < 4.78 is 5.53. The van der Waals surface area contributed by atoms with E-state index in [1.165, 1.54) is 31.2 Å². The molecule has 4 atom stereocenters. The summed E-state index contributed by atoms with van der Waals surface area (Å²) in [6.07, 6.45) is 5.34. The van der Waals surface area contributed by atoms with Crippen LogP contribution >= 0.6 is 11.6 Å². The Kier molecular flexibility index (Phi) is 6.01. The van der Waals surface area contributed by atoms with Gasteiger partial charge in [-0.25, -0.2) is 0 Å². The summed E-state index contributed by atoms with van der Waals surface area (Å²) in [5, 5.41) is 8.47. The lowest BCUT2D eigenvalue weighted by atomic mass is 9.88. The first-order valence-corrected chi connectivity index (χ1v) is 10.5. The van der Waals surface area contributed by atoms with Crippen molar-refractivity contribution in [2.75, 3.05) is 13.7 Å². The van der Waals surface area contributed by atoms with E-state index in [2.05, 4.69) is 41.0 Å². The highest BCUT2D eigenvalue weighted by molar-refractivity contribution is 6.30. The van der Waals surface area contributed by atoms with E-state index in [-0.39, 0.29) is 0 Å². The van der Waals surface area contributed by atoms with E-state index < -0.39 is 0 Å². The van der Waals surface area contributed by atoms with Gasteiger partial charge in [0.1, 0.15) is 5.75 Å². The maximum Gasteiger partial charge on any atom is 0.123 e. The van der Waals surface area contributed by atoms with Crippen LogP contribution in [0.5, 0.6) is 5.75 Å². The van der Waals surface area contributed by atoms with Crippen molar-refractivity contribution >= 4 is 11.6 Å². The van der Waals surface area contributed by atoms with Crippen LogP contribution in [0.4, 0.5) is 0 Å². The molecule has 2 N–H and O–H groups in total. The number of rotatable bonds is 5. The molecule has 2 aliphatic rings. The van der Waals surface area contributed by atoms with Gasteiger partial charge in [-0.1, -0.05) is 54.8 Å². The largest absolute Gasteiger partial charge is 0.496 e. The van der Waals surface area contributed by atoms with E-state index in [1.54, 1.807) is 7.11 Å². The molecule has 27 heavy (non-hydrogen) atoms. The number of halogens is 1. The smallest absolute Gasteiger partial charge is 0.123 e. The van der Waals surface area contributed by atoms with E-state index in [0.717, 1.165) is 41.3 Å². The van der Waals surface area contributed by atoms with Crippen LogP contribution in [-0.2, 0) is 6.54 Å². The molecule has 0 aromatic heterocycles. The normalized spacial score (nSPS) is 27.8. The first-order valence-electron chi connectivity index (χ1n) is 10.1. The number of fused-ring (bicyclic) bond motifs is 1. The third kappa shape index (κ3) is 4.31. The average Bonchev–Trinajstić information content (AvgIpc) is 3.06. The Morgan fingerprint density at radius 3 is 2.74 bits per heavy atom. The van der Waals surface area contributed by atoms with Gasteiger partial charge in [-0.2, -0.15) is 0 Å². The minimum absolute atomic E-state index is 0.335. The summed E-state index contributed by atoms with van der Waals surface area (Å²) in [4.78, 5) is 0. The monoisotopic (exact) mass is 384 g/mol. The molecule has 4 unspecified atom stereocenters. The van der Waals surface area contributed by atoms with Crippen molar-refractivity contribution in [3.05, 3.63) is 64.7 Å². The highest BCUT2D eigenvalue weighted by Gasteiger charge is 2.36. The number of ether oxygens (including phenoxy) is 1. The van der Waals surface area contributed by atoms with Gasteiger partial charge in [-0.3, -0.25) is 0 Å². The van der Waals surface area contributed by atoms with Crippen molar-refractivity contribution in [3.8, 4) is 5.75 Å². The van der Waals surface area contributed by atoms with Crippen LogP contribution in [0.2, 0.25) is 5.02 Å². The molecule has 0 radical (unpaired) electrons. The molecule has 4 rings (SSSR count). The van der Waals surface area contributed by atoms with Crippen LogP contribution in [0, 0.1) is 11.8 Å². The van der Waals surface area contributed by atoms with Gasteiger partial charge < -0.3 is 15.4 Å². The molecule has 4 heteroatoms. The van der Waals surface area contributed by atoms with Gasteiger partial charge in [-0.05, 0) is 55.0 Å². The maximum absolute atomic E-state index is 6.22. The first-order chi connectivity index (χ1) is 13.2. The fourth-order valence-electron chi connectivity index (χ4n) is 4.91. The second-order valence-corrected chi connectivity index (χ2v) is 8.36. The van der Waals surface area contributed by atoms with Gasteiger partial charge in [-0.15, -0.1) is 0 Å². The number of hydrogen-bond acceptors (Lipinski definition) is 3. The van der Waals surface area contributed by atoms with Crippen LogP contribution in [-0.4, -0.2) is 19.7 Å². The maximum atomic E-state index is 6.22. The summed E-state index contributed by atoms with van der Waals surface area (Å²) >= 11 is 6.22. The van der Waals surface area contributed by atoms with Crippen molar-refractivity contribution in [1.29, 1.82) is 0 Å². The van der Waals surface area contributed by atoms with Gasteiger partial charge in [0.25, 0.3) is 0 Å². The third-order valence-corrected chi connectivity index (χ3v) is 6.57. The topological polar surface area (TPSA) is 33.3 Å². The summed E-state index contributed by atoms with van der Waals surface area (Å²) in [6.45, 7) is 1.89. The molecule has 0 amide bonds. The molecule has 0 bridgehead atoms. The lowest BCUT2D eigenvalue weighted by molar-refractivity contribution is 0.331. The highest BCUT2D eigenvalue weighted by atomic mass is 35.5. The zero-order valence-electron chi connectivity index (χ0n) is 16.0. The zero-order valence-corrected chi connectivity index (χ0v) is 16.7. The SMILES string of the molecule is COc1ccc(Cl)cc1CNC1CC2CCCC2CNC1c1ccccc1. The minimum Gasteiger partial charge on any atom is -0.496 e. The molecule has 1 saturated carbocycles. The Morgan fingerprint density at radius 2 is 1.93 bits per heavy atom. The Morgan fingerprint density at radius 1 is 1.11 bits per heavy atom. The van der Waals surface area contributed by atoms with Gasteiger partial charge in [0.05, 0.1) is 7.11 Å². The fraction of sp³-hybridized carbons (Fsp3) is 0.478. The van der Waals surface area contributed by atoms with E-state index in [4.69, 9.17) is 16.3 Å². The Bertz CT molecular complexity index is 751. The molecule has 1 aliphatic heterocycles. The molecular weight excluding hydrogens is 356 g/mol. The fourth-order valence-corrected chi connectivity index (χ4v) is 5.11. The summed E-state index contributed by atoms with van der Waals surface area (Å²) in [5.74, 6) is 2.54. The molecule has 0 spiro atoms. The average molecular weight is 385 g/mol. The van der Waals surface area contributed by atoms with Crippen LogP contribution in [0.15, 0.2) is 48.5 Å². The molecule has 2 aromatic rings. The van der Waals surface area contributed by atoms with Gasteiger partial charge in [0.2, 0.25) is 0 Å². The van der Waals surface area contributed by atoms with Crippen molar-refractivity contribution < 1.29 is 4.74 Å². The van der Waals surface area contributed by atoms with Crippen LogP contribution in [0.3, 0.4) is 0 Å². The number of methoxy groups -OCH3 is 1. The molecule has 1 aliphatic carbocycles. The lowest BCUT2D eigenvalue weighted by Crippen LogP contribution is -2.40. The molecule has 2 aromatic carbocycles. The lowest BCUT2D eigenvalue weighted by Gasteiger charge is -2.29. The van der Waals surface area contributed by atoms with Gasteiger partial charge in [0.15, 0.2) is 0 Å². The van der Waals surface area contributed by atoms with E-state index in [9.17, 15) is 0 Å². The van der Waals surface area contributed by atoms with Gasteiger partial charge >= 0.3 is 0 Å². The highest BCUT2D eigenvalue weighted by Crippen LogP contribution is 2.39. The third-order valence-electron chi connectivity index (χ3n) is 6.33. The zero-order chi connectivity index (χ0) is 18.6. The molecule has 1 saturated heterocycles. The van der Waals surface area contributed by atoms with E-state index in [1.807, 2.05) is 18.2 Å². The minimum atomic E-state index is 0.335. The molecule has 3 nitrogen and oxygen atoms in total. The van der Waals surface area contributed by atoms with Crippen molar-refractivity contribution in [2.24, 2.45) is 11.8 Å². The molecule has 144 valence electrons. The number of hydrogen-bond donors (Lipinski definition) is 2. The predicted octanol–water partition coefficient (Wildman–Crippen LogP) is 4.96. The predicted molar refractivity (Wildman–Crippen MR) is 111 cm³/mol. The van der Waals surface area contributed by atoms with Crippen LogP contribution < -0.4 is 15.4 Å². The molecule has 2 fully saturated rings. The second kappa shape index (κ2) is 8.64. The Balaban J connectivity index is 1.55. The standard InChI is InChI=1S/C23H29ClN2O/c1-27-22-11-10-20(24)12-19(22)15-25-21-13-17-8-5-9-18(17)14-26-23(21)16-6-3-2-4-7-16/h2-4,6-7,10-12,17-18,21,23,25-26H,5,8-9,13-15H2,1H3. The first kappa shape index (κ1) is 18.8.